The first-order valence-corrected chi connectivity index (χ1v) is 7.80. The second-order valence-corrected chi connectivity index (χ2v) is 5.51. The summed E-state index contributed by atoms with van der Waals surface area (Å²) >= 11 is 0. The molecule has 0 aromatic carbocycles. The molecule has 1 aliphatic rings. The zero-order chi connectivity index (χ0) is 15.2. The predicted octanol–water partition coefficient (Wildman–Crippen LogP) is 2.35. The Kier molecular flexibility index (Phi) is 6.82. The van der Waals surface area contributed by atoms with E-state index in [9.17, 15) is 0 Å². The molecule has 23 heavy (non-hydrogen) atoms. The Balaban J connectivity index is 0.00000192. The van der Waals surface area contributed by atoms with Crippen molar-refractivity contribution in [2.24, 2.45) is 10.9 Å². The molecule has 0 unspecified atom stereocenters. The molecule has 0 radical (unpaired) electrons. The molecule has 2 heterocycles. The van der Waals surface area contributed by atoms with Crippen molar-refractivity contribution in [1.82, 2.24) is 25.2 Å². The van der Waals surface area contributed by atoms with Crippen LogP contribution in [-0.4, -0.2) is 33.6 Å². The number of guanidine groups is 1. The topological polar surface area (TPSA) is 67.1 Å². The summed E-state index contributed by atoms with van der Waals surface area (Å²) in [6.07, 6.45) is 9.87. The zero-order valence-corrected chi connectivity index (χ0v) is 15.6. The van der Waals surface area contributed by atoms with Crippen LogP contribution < -0.4 is 10.6 Å². The summed E-state index contributed by atoms with van der Waals surface area (Å²) in [7, 11) is 0. The molecule has 0 spiro atoms. The van der Waals surface area contributed by atoms with E-state index in [-0.39, 0.29) is 24.0 Å². The standard InChI is InChI=1S/C16H22N6.HI/c1-2-18-16(20-10-13-3-4-13)21-11-14-5-6-19-15(9-14)22-8-7-17-12-22;/h5-9,12-13H,2-4,10-11H2,1H3,(H2,18,20,21);1H. The number of rotatable bonds is 6. The van der Waals surface area contributed by atoms with E-state index in [0.29, 0.717) is 6.54 Å². The molecular formula is C16H23IN6. The second-order valence-electron chi connectivity index (χ2n) is 5.51. The van der Waals surface area contributed by atoms with Crippen molar-refractivity contribution in [3.8, 4) is 5.82 Å². The van der Waals surface area contributed by atoms with Gasteiger partial charge in [0.1, 0.15) is 12.1 Å². The van der Waals surface area contributed by atoms with Crippen LogP contribution in [0.15, 0.2) is 42.0 Å². The molecule has 2 N–H and O–H groups in total. The highest BCUT2D eigenvalue weighted by Crippen LogP contribution is 2.27. The molecule has 1 fully saturated rings. The lowest BCUT2D eigenvalue weighted by atomic mass is 10.2. The molecule has 1 saturated carbocycles. The summed E-state index contributed by atoms with van der Waals surface area (Å²) in [4.78, 5) is 13.1. The van der Waals surface area contributed by atoms with Gasteiger partial charge in [-0.15, -0.1) is 24.0 Å². The number of imidazole rings is 1. The van der Waals surface area contributed by atoms with E-state index in [1.165, 1.54) is 12.8 Å². The third-order valence-electron chi connectivity index (χ3n) is 3.60. The van der Waals surface area contributed by atoms with Crippen molar-refractivity contribution in [3.63, 3.8) is 0 Å². The van der Waals surface area contributed by atoms with Crippen molar-refractivity contribution >= 4 is 29.9 Å². The fourth-order valence-corrected chi connectivity index (χ4v) is 2.17. The minimum Gasteiger partial charge on any atom is -0.357 e. The molecule has 2 aromatic rings. The molecule has 2 aromatic heterocycles. The highest BCUT2D eigenvalue weighted by atomic mass is 127. The Morgan fingerprint density at radius 3 is 2.91 bits per heavy atom. The lowest BCUT2D eigenvalue weighted by Crippen LogP contribution is -2.38. The Morgan fingerprint density at radius 1 is 1.35 bits per heavy atom. The summed E-state index contributed by atoms with van der Waals surface area (Å²) in [5, 5.41) is 6.69. The zero-order valence-electron chi connectivity index (χ0n) is 13.3. The average Bonchev–Trinajstić information content (AvgIpc) is 3.21. The van der Waals surface area contributed by atoms with Crippen molar-refractivity contribution in [3.05, 3.63) is 42.6 Å². The van der Waals surface area contributed by atoms with Crippen LogP contribution in [0.4, 0.5) is 0 Å². The quantitative estimate of drug-likeness (QED) is 0.423. The number of nitrogens with zero attached hydrogens (tertiary/aromatic N) is 4. The van der Waals surface area contributed by atoms with Gasteiger partial charge in [-0.05, 0) is 43.4 Å². The van der Waals surface area contributed by atoms with E-state index in [0.717, 1.165) is 36.3 Å². The van der Waals surface area contributed by atoms with Crippen molar-refractivity contribution in [2.45, 2.75) is 26.3 Å². The van der Waals surface area contributed by atoms with Crippen LogP contribution >= 0.6 is 24.0 Å². The number of hydrogen-bond donors (Lipinski definition) is 2. The van der Waals surface area contributed by atoms with E-state index in [2.05, 4.69) is 32.5 Å². The molecule has 3 rings (SSSR count). The van der Waals surface area contributed by atoms with Crippen LogP contribution in [0.3, 0.4) is 0 Å². The maximum Gasteiger partial charge on any atom is 0.191 e. The number of aromatic nitrogens is 3. The van der Waals surface area contributed by atoms with Gasteiger partial charge in [0, 0.05) is 31.7 Å². The first-order chi connectivity index (χ1) is 10.8. The van der Waals surface area contributed by atoms with Gasteiger partial charge in [0.25, 0.3) is 0 Å². The fourth-order valence-electron chi connectivity index (χ4n) is 2.17. The molecule has 0 bridgehead atoms. The van der Waals surface area contributed by atoms with Crippen molar-refractivity contribution < 1.29 is 0 Å². The molecule has 0 amide bonds. The van der Waals surface area contributed by atoms with E-state index in [4.69, 9.17) is 0 Å². The number of nitrogens with one attached hydrogen (secondary N) is 2. The summed E-state index contributed by atoms with van der Waals surface area (Å²) in [5.74, 6) is 2.58. The molecule has 6 nitrogen and oxygen atoms in total. The van der Waals surface area contributed by atoms with Gasteiger partial charge in [0.05, 0.1) is 6.54 Å². The largest absolute Gasteiger partial charge is 0.357 e. The predicted molar refractivity (Wildman–Crippen MR) is 102 cm³/mol. The number of aliphatic imine (C=N–C) groups is 1. The van der Waals surface area contributed by atoms with Gasteiger partial charge in [0.15, 0.2) is 5.96 Å². The van der Waals surface area contributed by atoms with Gasteiger partial charge in [-0.3, -0.25) is 4.57 Å². The molecule has 0 aliphatic heterocycles. The highest BCUT2D eigenvalue weighted by Gasteiger charge is 2.20. The van der Waals surface area contributed by atoms with Crippen LogP contribution in [-0.2, 0) is 6.54 Å². The molecular weight excluding hydrogens is 403 g/mol. The van der Waals surface area contributed by atoms with Gasteiger partial charge in [-0.25, -0.2) is 15.0 Å². The maximum absolute atomic E-state index is 4.65. The average molecular weight is 426 g/mol. The normalized spacial score (nSPS) is 14.2. The maximum atomic E-state index is 4.65. The molecule has 0 atom stereocenters. The Hall–Kier alpha value is -1.64. The lowest BCUT2D eigenvalue weighted by Gasteiger charge is -2.11. The first kappa shape index (κ1) is 17.7. The van der Waals surface area contributed by atoms with Crippen LogP contribution in [0, 0.1) is 5.92 Å². The van der Waals surface area contributed by atoms with Gasteiger partial charge in [0.2, 0.25) is 0 Å². The first-order valence-electron chi connectivity index (χ1n) is 7.80. The number of hydrogen-bond acceptors (Lipinski definition) is 3. The Labute approximate surface area is 153 Å². The summed E-state index contributed by atoms with van der Waals surface area (Å²) in [6, 6.07) is 4.03. The van der Waals surface area contributed by atoms with E-state index in [1.807, 2.05) is 29.1 Å². The van der Waals surface area contributed by atoms with Crippen molar-refractivity contribution in [2.75, 3.05) is 13.1 Å². The third kappa shape index (κ3) is 5.49. The molecule has 0 saturated heterocycles. The van der Waals surface area contributed by atoms with E-state index < -0.39 is 0 Å². The molecule has 124 valence electrons. The van der Waals surface area contributed by atoms with Gasteiger partial charge in [-0.2, -0.15) is 0 Å². The fraction of sp³-hybridized carbons (Fsp3) is 0.438. The smallest absolute Gasteiger partial charge is 0.191 e. The minimum atomic E-state index is 0. The monoisotopic (exact) mass is 426 g/mol. The van der Waals surface area contributed by atoms with Crippen LogP contribution in [0.5, 0.6) is 0 Å². The van der Waals surface area contributed by atoms with Crippen molar-refractivity contribution in [1.29, 1.82) is 0 Å². The molecule has 7 heteroatoms. The van der Waals surface area contributed by atoms with Gasteiger partial charge in [-0.1, -0.05) is 0 Å². The second kappa shape index (κ2) is 8.85. The highest BCUT2D eigenvalue weighted by molar-refractivity contribution is 14.0. The molecule has 1 aliphatic carbocycles. The number of halogens is 1. The van der Waals surface area contributed by atoms with Gasteiger partial charge < -0.3 is 10.6 Å². The Morgan fingerprint density at radius 2 is 2.22 bits per heavy atom. The van der Waals surface area contributed by atoms with Crippen LogP contribution in [0.1, 0.15) is 25.3 Å². The third-order valence-corrected chi connectivity index (χ3v) is 3.60. The Bertz CT molecular complexity index is 621. The van der Waals surface area contributed by atoms with Gasteiger partial charge >= 0.3 is 0 Å². The van der Waals surface area contributed by atoms with E-state index in [1.54, 1.807) is 12.5 Å². The SMILES string of the molecule is CCNC(=NCc1ccnc(-n2ccnc2)c1)NCC1CC1.I. The van der Waals surface area contributed by atoms with E-state index >= 15 is 0 Å². The lowest BCUT2D eigenvalue weighted by molar-refractivity contribution is 0.739. The van der Waals surface area contributed by atoms with Crippen LogP contribution in [0.25, 0.3) is 5.82 Å². The number of pyridine rings is 1. The van der Waals surface area contributed by atoms with Crippen LogP contribution in [0.2, 0.25) is 0 Å². The minimum absolute atomic E-state index is 0. The summed E-state index contributed by atoms with van der Waals surface area (Å²) < 4.78 is 1.89. The summed E-state index contributed by atoms with van der Waals surface area (Å²) in [6.45, 7) is 4.59. The summed E-state index contributed by atoms with van der Waals surface area (Å²) in [5.41, 5.74) is 1.13.